The number of piperidine rings is 1. The van der Waals surface area contributed by atoms with Crippen molar-refractivity contribution in [2.75, 3.05) is 6.17 Å². The van der Waals surface area contributed by atoms with E-state index in [2.05, 4.69) is 16.7 Å². The normalized spacial score (nSPS) is 27.0. The largest absolute Gasteiger partial charge is 0.471 e. The standard InChI is InChI=1S/C26H38F3N5O4Si/c1-24(2,3)19(32-23(38)26(27,28)29)22(37)34-15-39(10-4-5-11-39)14-18(34)21(36)31-17(13-30)12-16-6-7-25(8-9-25)33-20(16)35/h16-19H,4-12,14-15H2,1-3H3,(H,31,36)(H,32,38)(H,33,35)/t16-,17-,18?,19+/m0/s1. The first-order valence-electron chi connectivity index (χ1n) is 13.8. The van der Waals surface area contributed by atoms with E-state index in [9.17, 15) is 37.6 Å². The smallest absolute Gasteiger partial charge is 0.350 e. The van der Waals surface area contributed by atoms with Crippen LogP contribution in [0.5, 0.6) is 0 Å². The molecule has 2 spiro atoms. The summed E-state index contributed by atoms with van der Waals surface area (Å²) in [6, 6.07) is 1.02. The van der Waals surface area contributed by atoms with Gasteiger partial charge in [-0.1, -0.05) is 45.7 Å². The second-order valence-electron chi connectivity index (χ2n) is 13.1. The Morgan fingerprint density at radius 2 is 1.79 bits per heavy atom. The van der Waals surface area contributed by atoms with Crippen LogP contribution in [0.25, 0.3) is 0 Å². The lowest BCUT2D eigenvalue weighted by molar-refractivity contribution is -0.176. The van der Waals surface area contributed by atoms with Crippen LogP contribution in [0.4, 0.5) is 13.2 Å². The molecule has 216 valence electrons. The summed E-state index contributed by atoms with van der Waals surface area (Å²) in [6.45, 7) is 4.69. The number of halogens is 3. The van der Waals surface area contributed by atoms with Gasteiger partial charge in [0.1, 0.15) is 18.1 Å². The number of amides is 4. The van der Waals surface area contributed by atoms with Gasteiger partial charge in [-0.05, 0) is 43.6 Å². The van der Waals surface area contributed by atoms with Crippen LogP contribution in [0, 0.1) is 22.7 Å². The van der Waals surface area contributed by atoms with Crippen LogP contribution in [-0.2, 0) is 19.2 Å². The minimum absolute atomic E-state index is 0.0883. The first kappa shape index (κ1) is 29.4. The summed E-state index contributed by atoms with van der Waals surface area (Å²) >= 11 is 0. The number of nitriles is 1. The van der Waals surface area contributed by atoms with Crippen LogP contribution < -0.4 is 16.0 Å². The molecule has 1 aliphatic carbocycles. The Hall–Kier alpha value is -2.62. The van der Waals surface area contributed by atoms with Crippen molar-refractivity contribution in [3.05, 3.63) is 0 Å². The SMILES string of the molecule is CC(C)(C)[C@H](NC(=O)C(F)(F)F)C(=O)N1C[Si]2(CCCC2)CC1C(=O)N[C@H](C#N)C[C@@H]1CCC2(CC2)NC1=O. The van der Waals surface area contributed by atoms with E-state index in [1.54, 1.807) is 20.8 Å². The Morgan fingerprint density at radius 3 is 2.31 bits per heavy atom. The van der Waals surface area contributed by atoms with E-state index in [-0.39, 0.29) is 17.9 Å². The fourth-order valence-electron chi connectivity index (χ4n) is 6.49. The van der Waals surface area contributed by atoms with Gasteiger partial charge in [-0.3, -0.25) is 19.2 Å². The molecule has 4 fully saturated rings. The molecule has 3 N–H and O–H groups in total. The van der Waals surface area contributed by atoms with Gasteiger partial charge >= 0.3 is 12.1 Å². The molecule has 0 aromatic rings. The Balaban J connectivity index is 1.50. The van der Waals surface area contributed by atoms with Crippen LogP contribution in [0.2, 0.25) is 18.1 Å². The van der Waals surface area contributed by atoms with Crippen LogP contribution >= 0.6 is 0 Å². The Bertz CT molecular complexity index is 1060. The molecular weight excluding hydrogens is 531 g/mol. The Kier molecular flexibility index (Phi) is 7.84. The predicted octanol–water partition coefficient (Wildman–Crippen LogP) is 2.53. The van der Waals surface area contributed by atoms with E-state index < -0.39 is 61.4 Å². The summed E-state index contributed by atoms with van der Waals surface area (Å²) in [5.41, 5.74) is -1.14. The molecule has 9 nitrogen and oxygen atoms in total. The summed E-state index contributed by atoms with van der Waals surface area (Å²) in [4.78, 5) is 53.1. The zero-order chi connectivity index (χ0) is 28.8. The molecule has 1 saturated carbocycles. The monoisotopic (exact) mass is 569 g/mol. The number of hydrogen-bond donors (Lipinski definition) is 3. The lowest BCUT2D eigenvalue weighted by atomic mass is 9.85. The van der Waals surface area contributed by atoms with E-state index in [0.717, 1.165) is 44.2 Å². The molecule has 1 unspecified atom stereocenters. The van der Waals surface area contributed by atoms with Crippen molar-refractivity contribution in [3.63, 3.8) is 0 Å². The lowest BCUT2D eigenvalue weighted by Crippen LogP contribution is -2.60. The van der Waals surface area contributed by atoms with Gasteiger partial charge in [0.05, 0.1) is 14.1 Å². The predicted molar refractivity (Wildman–Crippen MR) is 137 cm³/mol. The minimum Gasteiger partial charge on any atom is -0.350 e. The van der Waals surface area contributed by atoms with Crippen molar-refractivity contribution in [1.82, 2.24) is 20.9 Å². The summed E-state index contributed by atoms with van der Waals surface area (Å²) in [5.74, 6) is -3.97. The fourth-order valence-corrected chi connectivity index (χ4v) is 11.9. The van der Waals surface area contributed by atoms with Gasteiger partial charge in [0.2, 0.25) is 17.7 Å². The number of nitrogens with one attached hydrogen (secondary N) is 3. The summed E-state index contributed by atoms with van der Waals surface area (Å²) < 4.78 is 39.2. The maximum atomic E-state index is 13.8. The third-order valence-electron chi connectivity index (χ3n) is 8.98. The quantitative estimate of drug-likeness (QED) is 0.423. The van der Waals surface area contributed by atoms with Crippen molar-refractivity contribution < 1.29 is 32.3 Å². The van der Waals surface area contributed by atoms with Crippen molar-refractivity contribution in [2.45, 2.75) is 114 Å². The minimum atomic E-state index is -5.16. The number of carbonyl (C=O) groups is 4. The fraction of sp³-hybridized carbons (Fsp3) is 0.808. The van der Waals surface area contributed by atoms with E-state index >= 15 is 0 Å². The van der Waals surface area contributed by atoms with Crippen LogP contribution in [0.1, 0.15) is 65.7 Å². The maximum Gasteiger partial charge on any atom is 0.471 e. The third kappa shape index (κ3) is 6.42. The van der Waals surface area contributed by atoms with Crippen LogP contribution in [0.3, 0.4) is 0 Å². The van der Waals surface area contributed by atoms with Gasteiger partial charge in [0, 0.05) is 17.6 Å². The summed E-state index contributed by atoms with van der Waals surface area (Å²) in [5, 5.41) is 17.4. The highest BCUT2D eigenvalue weighted by Crippen LogP contribution is 2.44. The van der Waals surface area contributed by atoms with E-state index in [1.807, 2.05) is 5.32 Å². The highest BCUT2D eigenvalue weighted by Gasteiger charge is 2.54. The number of alkyl halides is 3. The van der Waals surface area contributed by atoms with Gasteiger partial charge in [0.15, 0.2) is 0 Å². The highest BCUT2D eigenvalue weighted by molar-refractivity contribution is 6.82. The number of carbonyl (C=O) groups excluding carboxylic acids is 4. The molecule has 4 amide bonds. The third-order valence-corrected chi connectivity index (χ3v) is 14.1. The number of nitrogens with zero attached hydrogens (tertiary/aromatic N) is 2. The van der Waals surface area contributed by atoms with E-state index in [4.69, 9.17) is 0 Å². The number of rotatable bonds is 6. The molecule has 4 aliphatic rings. The molecule has 0 aromatic heterocycles. The number of hydrogen-bond acceptors (Lipinski definition) is 5. The summed E-state index contributed by atoms with van der Waals surface area (Å²) in [7, 11) is -2.06. The van der Waals surface area contributed by atoms with Crippen LogP contribution in [0.15, 0.2) is 0 Å². The molecule has 4 atom stereocenters. The van der Waals surface area contributed by atoms with Gasteiger partial charge in [0.25, 0.3) is 0 Å². The molecule has 39 heavy (non-hydrogen) atoms. The molecule has 0 aromatic carbocycles. The molecule has 3 saturated heterocycles. The van der Waals surface area contributed by atoms with Crippen molar-refractivity contribution in [1.29, 1.82) is 5.26 Å². The van der Waals surface area contributed by atoms with Gasteiger partial charge < -0.3 is 20.9 Å². The lowest BCUT2D eigenvalue weighted by Gasteiger charge is -2.36. The van der Waals surface area contributed by atoms with Gasteiger partial charge in [-0.25, -0.2) is 0 Å². The molecule has 3 aliphatic heterocycles. The second kappa shape index (κ2) is 10.4. The van der Waals surface area contributed by atoms with Crippen LogP contribution in [-0.4, -0.2) is 72.6 Å². The van der Waals surface area contributed by atoms with Gasteiger partial charge in [-0.2, -0.15) is 18.4 Å². The molecule has 0 bridgehead atoms. The molecule has 13 heteroatoms. The molecule has 4 rings (SSSR count). The topological polar surface area (TPSA) is 131 Å². The first-order valence-corrected chi connectivity index (χ1v) is 16.6. The van der Waals surface area contributed by atoms with Crippen molar-refractivity contribution >= 4 is 31.7 Å². The van der Waals surface area contributed by atoms with Crippen molar-refractivity contribution in [3.8, 4) is 6.07 Å². The average molecular weight is 570 g/mol. The Morgan fingerprint density at radius 1 is 1.15 bits per heavy atom. The summed E-state index contributed by atoms with van der Waals surface area (Å²) in [6.07, 6.45) is 0.687. The average Bonchev–Trinajstić information content (AvgIpc) is 3.25. The van der Waals surface area contributed by atoms with Gasteiger partial charge in [-0.15, -0.1) is 0 Å². The van der Waals surface area contributed by atoms with E-state index in [0.29, 0.717) is 18.6 Å². The Labute approximate surface area is 227 Å². The second-order valence-corrected chi connectivity index (χ2v) is 17.8. The van der Waals surface area contributed by atoms with E-state index in [1.165, 1.54) is 4.90 Å². The molecule has 3 heterocycles. The highest BCUT2D eigenvalue weighted by atomic mass is 28.3. The molecule has 0 radical (unpaired) electrons. The zero-order valence-electron chi connectivity index (χ0n) is 22.7. The van der Waals surface area contributed by atoms with Crippen molar-refractivity contribution in [2.24, 2.45) is 11.3 Å². The zero-order valence-corrected chi connectivity index (χ0v) is 23.7. The molecular formula is C26H38F3N5O4Si. The first-order chi connectivity index (χ1) is 18.1. The maximum absolute atomic E-state index is 13.8.